The summed E-state index contributed by atoms with van der Waals surface area (Å²) >= 11 is 0. The van der Waals surface area contributed by atoms with E-state index in [4.69, 9.17) is 0 Å². The second-order valence-corrected chi connectivity index (χ2v) is 5.50. The number of aromatic nitrogens is 1. The van der Waals surface area contributed by atoms with Gasteiger partial charge in [-0.05, 0) is 24.6 Å². The number of pyridine rings is 1. The number of carbonyl (C=O) groups is 1. The molecule has 0 aliphatic carbocycles. The van der Waals surface area contributed by atoms with Gasteiger partial charge in [-0.2, -0.15) is 0 Å². The number of hydrogen-bond acceptors (Lipinski definition) is 3. The SMILES string of the molecule is Cc1ccc(CNC(=O)CNc2cccc3cccnc23)cc1. The Bertz CT molecular complexity index is 807. The first-order valence-corrected chi connectivity index (χ1v) is 7.62. The second kappa shape index (κ2) is 6.92. The summed E-state index contributed by atoms with van der Waals surface area (Å²) in [6.45, 7) is 2.81. The van der Waals surface area contributed by atoms with Crippen molar-refractivity contribution in [1.82, 2.24) is 10.3 Å². The Labute approximate surface area is 135 Å². The number of para-hydroxylation sites is 1. The number of carbonyl (C=O) groups excluding carboxylic acids is 1. The Morgan fingerprint density at radius 1 is 1.04 bits per heavy atom. The average molecular weight is 305 g/mol. The lowest BCUT2D eigenvalue weighted by molar-refractivity contribution is -0.119. The van der Waals surface area contributed by atoms with Crippen LogP contribution in [-0.2, 0) is 11.3 Å². The number of nitrogens with one attached hydrogen (secondary N) is 2. The third-order valence-electron chi connectivity index (χ3n) is 3.68. The van der Waals surface area contributed by atoms with E-state index in [0.29, 0.717) is 6.54 Å². The van der Waals surface area contributed by atoms with Crippen LogP contribution < -0.4 is 10.6 Å². The zero-order valence-electron chi connectivity index (χ0n) is 13.0. The van der Waals surface area contributed by atoms with Crippen molar-refractivity contribution < 1.29 is 4.79 Å². The molecule has 0 radical (unpaired) electrons. The van der Waals surface area contributed by atoms with Gasteiger partial charge < -0.3 is 10.6 Å². The van der Waals surface area contributed by atoms with Crippen LogP contribution in [0.25, 0.3) is 10.9 Å². The van der Waals surface area contributed by atoms with Gasteiger partial charge in [0.2, 0.25) is 5.91 Å². The average Bonchev–Trinajstić information content (AvgIpc) is 2.59. The van der Waals surface area contributed by atoms with E-state index in [2.05, 4.69) is 15.6 Å². The summed E-state index contributed by atoms with van der Waals surface area (Å²) in [5.74, 6) is -0.0430. The molecule has 0 saturated heterocycles. The third kappa shape index (κ3) is 3.86. The lowest BCUT2D eigenvalue weighted by Gasteiger charge is -2.10. The molecule has 0 aliphatic heterocycles. The standard InChI is InChI=1S/C19H19N3O/c1-14-7-9-15(10-8-14)12-22-18(23)13-21-17-6-2-4-16-5-3-11-20-19(16)17/h2-11,21H,12-13H2,1H3,(H,22,23). The molecule has 23 heavy (non-hydrogen) atoms. The van der Waals surface area contributed by atoms with Crippen LogP contribution in [0.1, 0.15) is 11.1 Å². The summed E-state index contributed by atoms with van der Waals surface area (Å²) in [7, 11) is 0. The van der Waals surface area contributed by atoms with E-state index in [0.717, 1.165) is 22.2 Å². The van der Waals surface area contributed by atoms with Gasteiger partial charge in [0.15, 0.2) is 0 Å². The lowest BCUT2D eigenvalue weighted by atomic mass is 10.1. The molecule has 3 rings (SSSR count). The predicted octanol–water partition coefficient (Wildman–Crippen LogP) is 3.27. The van der Waals surface area contributed by atoms with E-state index in [1.54, 1.807) is 6.20 Å². The molecule has 0 spiro atoms. The molecule has 2 aromatic carbocycles. The monoisotopic (exact) mass is 305 g/mol. The van der Waals surface area contributed by atoms with E-state index in [1.165, 1.54) is 5.56 Å². The lowest BCUT2D eigenvalue weighted by Crippen LogP contribution is -2.29. The molecule has 4 heteroatoms. The zero-order valence-corrected chi connectivity index (χ0v) is 13.0. The molecule has 4 nitrogen and oxygen atoms in total. The highest BCUT2D eigenvalue weighted by Gasteiger charge is 2.04. The smallest absolute Gasteiger partial charge is 0.239 e. The number of aryl methyl sites for hydroxylation is 1. The second-order valence-electron chi connectivity index (χ2n) is 5.50. The normalized spacial score (nSPS) is 10.5. The summed E-state index contributed by atoms with van der Waals surface area (Å²) in [6, 6.07) is 17.9. The van der Waals surface area contributed by atoms with E-state index in [9.17, 15) is 4.79 Å². The van der Waals surface area contributed by atoms with Crippen molar-refractivity contribution in [2.24, 2.45) is 0 Å². The molecule has 2 N–H and O–H groups in total. The van der Waals surface area contributed by atoms with Crippen molar-refractivity contribution in [2.75, 3.05) is 11.9 Å². The maximum atomic E-state index is 12.0. The largest absolute Gasteiger partial charge is 0.374 e. The summed E-state index contributed by atoms with van der Waals surface area (Å²) in [5, 5.41) is 7.13. The molecule has 1 aromatic heterocycles. The number of anilines is 1. The highest BCUT2D eigenvalue weighted by atomic mass is 16.1. The first-order valence-electron chi connectivity index (χ1n) is 7.62. The Kier molecular flexibility index (Phi) is 4.52. The number of amides is 1. The fraction of sp³-hybridized carbons (Fsp3) is 0.158. The number of fused-ring (bicyclic) bond motifs is 1. The summed E-state index contributed by atoms with van der Waals surface area (Å²) < 4.78 is 0. The van der Waals surface area contributed by atoms with Crippen molar-refractivity contribution in [3.05, 3.63) is 71.9 Å². The van der Waals surface area contributed by atoms with Gasteiger partial charge in [0.1, 0.15) is 0 Å². The van der Waals surface area contributed by atoms with Crippen molar-refractivity contribution in [2.45, 2.75) is 13.5 Å². The van der Waals surface area contributed by atoms with Crippen LogP contribution in [-0.4, -0.2) is 17.4 Å². The van der Waals surface area contributed by atoms with Crippen LogP contribution in [0.2, 0.25) is 0 Å². The molecule has 0 aliphatic rings. The maximum absolute atomic E-state index is 12.0. The topological polar surface area (TPSA) is 54.0 Å². The van der Waals surface area contributed by atoms with Gasteiger partial charge in [0, 0.05) is 18.1 Å². The van der Waals surface area contributed by atoms with Crippen LogP contribution in [0.3, 0.4) is 0 Å². The van der Waals surface area contributed by atoms with Gasteiger partial charge in [-0.3, -0.25) is 9.78 Å². The Hall–Kier alpha value is -2.88. The van der Waals surface area contributed by atoms with Crippen LogP contribution >= 0.6 is 0 Å². The van der Waals surface area contributed by atoms with E-state index < -0.39 is 0 Å². The van der Waals surface area contributed by atoms with Gasteiger partial charge in [-0.1, -0.05) is 48.0 Å². The molecule has 3 aromatic rings. The maximum Gasteiger partial charge on any atom is 0.239 e. The molecule has 0 atom stereocenters. The highest BCUT2D eigenvalue weighted by molar-refractivity contribution is 5.92. The Balaban J connectivity index is 1.57. The number of benzene rings is 2. The predicted molar refractivity (Wildman–Crippen MR) is 93.3 cm³/mol. The van der Waals surface area contributed by atoms with Crippen LogP contribution in [0.4, 0.5) is 5.69 Å². The number of rotatable bonds is 5. The summed E-state index contributed by atoms with van der Waals surface area (Å²) in [5.41, 5.74) is 4.05. The fourth-order valence-corrected chi connectivity index (χ4v) is 2.39. The van der Waals surface area contributed by atoms with Gasteiger partial charge in [-0.15, -0.1) is 0 Å². The minimum atomic E-state index is -0.0430. The number of nitrogens with zero attached hydrogens (tertiary/aromatic N) is 1. The first kappa shape index (κ1) is 15.0. The van der Waals surface area contributed by atoms with Crippen molar-refractivity contribution in [1.29, 1.82) is 0 Å². The molecule has 0 bridgehead atoms. The molecule has 0 fully saturated rings. The van der Waals surface area contributed by atoms with Gasteiger partial charge in [-0.25, -0.2) is 0 Å². The molecule has 116 valence electrons. The molecule has 1 heterocycles. The Morgan fingerprint density at radius 3 is 2.65 bits per heavy atom. The van der Waals surface area contributed by atoms with Crippen molar-refractivity contribution in [3.8, 4) is 0 Å². The third-order valence-corrected chi connectivity index (χ3v) is 3.68. The summed E-state index contributed by atoms with van der Waals surface area (Å²) in [6.07, 6.45) is 1.75. The molecule has 1 amide bonds. The van der Waals surface area contributed by atoms with Gasteiger partial charge in [0.05, 0.1) is 17.7 Å². The van der Waals surface area contributed by atoms with Crippen molar-refractivity contribution in [3.63, 3.8) is 0 Å². The first-order chi connectivity index (χ1) is 11.2. The zero-order chi connectivity index (χ0) is 16.1. The van der Waals surface area contributed by atoms with Crippen LogP contribution in [0, 0.1) is 6.92 Å². The summed E-state index contributed by atoms with van der Waals surface area (Å²) in [4.78, 5) is 16.4. The van der Waals surface area contributed by atoms with E-state index in [-0.39, 0.29) is 12.5 Å². The molecular weight excluding hydrogens is 286 g/mol. The molecular formula is C19H19N3O. The fourth-order valence-electron chi connectivity index (χ4n) is 2.39. The molecule has 0 unspecified atom stereocenters. The number of hydrogen-bond donors (Lipinski definition) is 2. The highest BCUT2D eigenvalue weighted by Crippen LogP contribution is 2.20. The minimum absolute atomic E-state index is 0.0430. The van der Waals surface area contributed by atoms with Crippen LogP contribution in [0.5, 0.6) is 0 Å². The van der Waals surface area contributed by atoms with Gasteiger partial charge in [0.25, 0.3) is 0 Å². The quantitative estimate of drug-likeness (QED) is 0.760. The molecule has 0 saturated carbocycles. The van der Waals surface area contributed by atoms with Crippen LogP contribution in [0.15, 0.2) is 60.8 Å². The van der Waals surface area contributed by atoms with Gasteiger partial charge >= 0.3 is 0 Å². The minimum Gasteiger partial charge on any atom is -0.374 e. The van der Waals surface area contributed by atoms with E-state index >= 15 is 0 Å². The van der Waals surface area contributed by atoms with Crippen molar-refractivity contribution >= 4 is 22.5 Å². The Morgan fingerprint density at radius 2 is 1.83 bits per heavy atom. The van der Waals surface area contributed by atoms with E-state index in [1.807, 2.05) is 61.5 Å².